The molecule has 0 heterocycles. The van der Waals surface area contributed by atoms with Gasteiger partial charge in [0.15, 0.2) is 0 Å². The molecule has 0 amide bonds. The molecule has 0 aliphatic heterocycles. The van der Waals surface area contributed by atoms with Gasteiger partial charge in [0.25, 0.3) is 0 Å². The SMILES string of the molecule is CB(C)[c-]1[cH-][cH-][cH-][cH-]1.CB(C)[c-]1cccc1.[Cl][Zr][Cl]. The van der Waals surface area contributed by atoms with E-state index in [1.54, 1.807) is 0 Å². The summed E-state index contributed by atoms with van der Waals surface area (Å²) in [5, 5.41) is 0. The van der Waals surface area contributed by atoms with Crippen molar-refractivity contribution >= 4 is 41.4 Å². The average Bonchev–Trinajstić information content (AvgIpc) is 3.05. The quantitative estimate of drug-likeness (QED) is 0.550. The number of rotatable bonds is 2. The Balaban J connectivity index is 0.000000284. The van der Waals surface area contributed by atoms with Crippen molar-refractivity contribution in [2.24, 2.45) is 0 Å². The first-order valence-corrected chi connectivity index (χ1v) is 12.7. The average molecular weight is 372 g/mol. The Bertz CT molecular complexity index is 345. The fraction of sp³-hybridized carbons (Fsp3) is 0.286. The maximum absolute atomic E-state index is 4.93. The van der Waals surface area contributed by atoms with E-state index in [0.29, 0.717) is 13.4 Å². The van der Waals surface area contributed by atoms with Crippen molar-refractivity contribution in [1.82, 2.24) is 0 Å². The molecular weight excluding hydrogens is 352 g/mol. The summed E-state index contributed by atoms with van der Waals surface area (Å²) in [5.74, 6) is 0. The van der Waals surface area contributed by atoms with Crippen LogP contribution in [0.25, 0.3) is 0 Å². The van der Waals surface area contributed by atoms with E-state index in [4.69, 9.17) is 17.0 Å². The second-order valence-electron chi connectivity index (χ2n) is 4.82. The summed E-state index contributed by atoms with van der Waals surface area (Å²) in [7, 11) is 9.87. The Morgan fingerprint density at radius 2 is 1.32 bits per heavy atom. The standard InChI is InChI=1S/2C7H10B.2ClH.Zr/c2*1-8(2)7-5-3-4-6-7;;;/h2*3-6H,1-2H3;2*1H;/q-5;-1;;;+2/p-2. The molecule has 0 aliphatic rings. The molecular formula is C14H20B2Cl2Zr-6. The van der Waals surface area contributed by atoms with Crippen LogP contribution in [0.15, 0.2) is 48.5 Å². The van der Waals surface area contributed by atoms with E-state index in [1.807, 2.05) is 0 Å². The van der Waals surface area contributed by atoms with E-state index in [9.17, 15) is 0 Å². The Kier molecular flexibility index (Phi) is 12.3. The molecule has 0 unspecified atom stereocenters. The molecule has 0 saturated heterocycles. The normalized spacial score (nSPS) is 8.53. The molecule has 0 aromatic heterocycles. The van der Waals surface area contributed by atoms with Crippen LogP contribution < -0.4 is 10.9 Å². The Hall–Kier alpha value is 0.293. The minimum absolute atomic E-state index is 0.685. The Labute approximate surface area is 137 Å². The van der Waals surface area contributed by atoms with Gasteiger partial charge in [-0.15, -0.1) is 13.6 Å². The molecule has 0 bridgehead atoms. The van der Waals surface area contributed by atoms with Crippen molar-refractivity contribution in [3.8, 4) is 0 Å². The third-order valence-corrected chi connectivity index (χ3v) is 2.71. The Morgan fingerprint density at radius 1 is 0.895 bits per heavy atom. The predicted molar refractivity (Wildman–Crippen MR) is 90.0 cm³/mol. The summed E-state index contributed by atoms with van der Waals surface area (Å²) in [6.45, 7) is 10.2. The van der Waals surface area contributed by atoms with Gasteiger partial charge in [-0.1, -0.05) is 20.4 Å². The third-order valence-electron chi connectivity index (χ3n) is 2.71. The van der Waals surface area contributed by atoms with E-state index in [0.717, 1.165) is 0 Å². The van der Waals surface area contributed by atoms with Crippen LogP contribution in [-0.4, -0.2) is 13.4 Å². The van der Waals surface area contributed by atoms with E-state index < -0.39 is 20.8 Å². The van der Waals surface area contributed by atoms with Gasteiger partial charge in [0, 0.05) is 0 Å². The summed E-state index contributed by atoms with van der Waals surface area (Å²) in [6, 6.07) is 16.9. The van der Waals surface area contributed by atoms with Crippen LogP contribution in [0.2, 0.25) is 27.3 Å². The zero-order chi connectivity index (χ0) is 14.7. The van der Waals surface area contributed by atoms with Gasteiger partial charge < -0.3 is 29.7 Å². The Morgan fingerprint density at radius 3 is 1.53 bits per heavy atom. The zero-order valence-corrected chi connectivity index (χ0v) is 16.0. The van der Waals surface area contributed by atoms with Crippen LogP contribution >= 0.6 is 17.0 Å². The van der Waals surface area contributed by atoms with Crippen molar-refractivity contribution in [2.75, 3.05) is 0 Å². The summed E-state index contributed by atoms with van der Waals surface area (Å²) in [4.78, 5) is 0. The minimum atomic E-state index is -0.826. The topological polar surface area (TPSA) is 0 Å². The molecule has 106 valence electrons. The molecule has 0 spiro atoms. The molecule has 2 aromatic carbocycles. The van der Waals surface area contributed by atoms with Crippen molar-refractivity contribution < 1.29 is 20.8 Å². The maximum atomic E-state index is 4.93. The van der Waals surface area contributed by atoms with Crippen LogP contribution in [-0.2, 0) is 20.8 Å². The van der Waals surface area contributed by atoms with Crippen LogP contribution in [0.4, 0.5) is 0 Å². The molecule has 2 rings (SSSR count). The summed E-state index contributed by atoms with van der Waals surface area (Å²) >= 11 is -0.826. The molecule has 0 radical (unpaired) electrons. The van der Waals surface area contributed by atoms with Gasteiger partial charge >= 0.3 is 37.9 Å². The summed E-state index contributed by atoms with van der Waals surface area (Å²) < 4.78 is 0. The van der Waals surface area contributed by atoms with Crippen LogP contribution in [0.3, 0.4) is 0 Å². The fourth-order valence-electron chi connectivity index (χ4n) is 1.55. The molecule has 0 atom stereocenters. The van der Waals surface area contributed by atoms with E-state index >= 15 is 0 Å². The molecule has 5 heteroatoms. The summed E-state index contributed by atoms with van der Waals surface area (Å²) in [5.41, 5.74) is 2.87. The van der Waals surface area contributed by atoms with Crippen molar-refractivity contribution in [2.45, 2.75) is 27.3 Å². The first-order valence-electron chi connectivity index (χ1n) is 6.42. The van der Waals surface area contributed by atoms with E-state index in [-0.39, 0.29) is 0 Å². The second kappa shape index (κ2) is 12.1. The third kappa shape index (κ3) is 9.77. The van der Waals surface area contributed by atoms with Crippen LogP contribution in [0.1, 0.15) is 0 Å². The van der Waals surface area contributed by atoms with Crippen molar-refractivity contribution in [1.29, 1.82) is 0 Å². The van der Waals surface area contributed by atoms with Gasteiger partial charge in [-0.3, -0.25) is 0 Å². The number of halogens is 2. The molecule has 19 heavy (non-hydrogen) atoms. The van der Waals surface area contributed by atoms with Gasteiger partial charge in [0.2, 0.25) is 0 Å². The van der Waals surface area contributed by atoms with Gasteiger partial charge in [0.05, 0.1) is 6.71 Å². The van der Waals surface area contributed by atoms with Gasteiger partial charge in [-0.05, 0) is 0 Å². The molecule has 0 nitrogen and oxygen atoms in total. The first kappa shape index (κ1) is 19.3. The molecule has 0 saturated carbocycles. The molecule has 2 aromatic rings. The predicted octanol–water partition coefficient (Wildman–Crippen LogP) is 4.11. The zero-order valence-electron chi connectivity index (χ0n) is 12.0. The fourth-order valence-corrected chi connectivity index (χ4v) is 1.55. The van der Waals surface area contributed by atoms with E-state index in [1.165, 1.54) is 10.9 Å². The summed E-state index contributed by atoms with van der Waals surface area (Å²) in [6.07, 6.45) is 0. The van der Waals surface area contributed by atoms with Crippen LogP contribution in [0.5, 0.6) is 0 Å². The number of hydrogen-bond donors (Lipinski definition) is 0. The monoisotopic (exact) mass is 370 g/mol. The molecule has 0 fully saturated rings. The van der Waals surface area contributed by atoms with Gasteiger partial charge in [0.1, 0.15) is 0 Å². The van der Waals surface area contributed by atoms with Gasteiger partial charge in [-0.25, -0.2) is 12.1 Å². The van der Waals surface area contributed by atoms with Crippen LogP contribution in [0, 0.1) is 0 Å². The number of hydrogen-bond acceptors (Lipinski definition) is 0. The molecule has 0 aliphatic carbocycles. The van der Waals surface area contributed by atoms with Crippen molar-refractivity contribution in [3.63, 3.8) is 0 Å². The molecule has 0 N–H and O–H groups in total. The van der Waals surface area contributed by atoms with Gasteiger partial charge in [-0.2, -0.15) is 17.6 Å². The first-order chi connectivity index (χ1) is 9.02. The van der Waals surface area contributed by atoms with E-state index in [2.05, 4.69) is 75.8 Å². The second-order valence-corrected chi connectivity index (χ2v) is 8.55. The van der Waals surface area contributed by atoms with Crippen molar-refractivity contribution in [3.05, 3.63) is 48.5 Å².